The van der Waals surface area contributed by atoms with Gasteiger partial charge >= 0.3 is 0 Å². The molecule has 3 amide bonds. The number of benzene rings is 2. The number of nitrogens with one attached hydrogen (secondary N) is 2. The number of aryl methyl sites for hydroxylation is 1. The second-order valence-electron chi connectivity index (χ2n) is 7.29. The summed E-state index contributed by atoms with van der Waals surface area (Å²) in [6.07, 6.45) is 2.97. The van der Waals surface area contributed by atoms with E-state index in [4.69, 9.17) is 0 Å². The van der Waals surface area contributed by atoms with Crippen molar-refractivity contribution in [3.8, 4) is 0 Å². The molecule has 2 N–H and O–H groups in total. The fourth-order valence-corrected chi connectivity index (χ4v) is 4.00. The van der Waals surface area contributed by atoms with E-state index in [0.29, 0.717) is 35.1 Å². The smallest absolute Gasteiger partial charge is 0.255 e. The Kier molecular flexibility index (Phi) is 6.50. The van der Waals surface area contributed by atoms with Crippen LogP contribution in [-0.4, -0.2) is 44.8 Å². The maximum absolute atomic E-state index is 12.6. The highest BCUT2D eigenvalue weighted by molar-refractivity contribution is 7.99. The zero-order chi connectivity index (χ0) is 22.5. The standard InChI is InChI=1S/C22H22N6O3S/c1-27-14-23-26-22(27)32-13-19(29)24-16-9-7-15(8-10-16)21(31)25-17-4-2-5-18(12-17)28-11-3-6-20(28)30/h2,4-5,7-10,12,14H,3,6,11,13H2,1H3,(H,24,29)(H,25,31). The van der Waals surface area contributed by atoms with Crippen LogP contribution < -0.4 is 15.5 Å². The van der Waals surface area contributed by atoms with E-state index in [1.165, 1.54) is 11.8 Å². The second-order valence-corrected chi connectivity index (χ2v) is 8.23. The lowest BCUT2D eigenvalue weighted by Gasteiger charge is -2.16. The highest BCUT2D eigenvalue weighted by Gasteiger charge is 2.21. The zero-order valence-corrected chi connectivity index (χ0v) is 18.3. The summed E-state index contributed by atoms with van der Waals surface area (Å²) in [4.78, 5) is 38.4. The van der Waals surface area contributed by atoms with E-state index in [1.807, 2.05) is 19.2 Å². The third kappa shape index (κ3) is 5.14. The van der Waals surface area contributed by atoms with Gasteiger partial charge in [0.25, 0.3) is 5.91 Å². The number of thioether (sulfide) groups is 1. The third-order valence-electron chi connectivity index (χ3n) is 4.92. The van der Waals surface area contributed by atoms with Crippen molar-refractivity contribution in [2.45, 2.75) is 18.0 Å². The van der Waals surface area contributed by atoms with Crippen LogP contribution in [0, 0.1) is 0 Å². The lowest BCUT2D eigenvalue weighted by Crippen LogP contribution is -2.23. The van der Waals surface area contributed by atoms with Crippen molar-refractivity contribution in [2.75, 3.05) is 27.8 Å². The van der Waals surface area contributed by atoms with Gasteiger partial charge in [0.05, 0.1) is 5.75 Å². The topological polar surface area (TPSA) is 109 Å². The number of rotatable bonds is 7. The van der Waals surface area contributed by atoms with E-state index >= 15 is 0 Å². The molecule has 1 aromatic heterocycles. The molecule has 0 radical (unpaired) electrons. The molecule has 32 heavy (non-hydrogen) atoms. The van der Waals surface area contributed by atoms with Gasteiger partial charge in [0, 0.05) is 42.6 Å². The number of carbonyl (C=O) groups is 3. The molecule has 1 saturated heterocycles. The van der Waals surface area contributed by atoms with E-state index in [1.54, 1.807) is 52.2 Å². The molecule has 1 aliphatic rings. The first-order valence-corrected chi connectivity index (χ1v) is 11.1. The maximum atomic E-state index is 12.6. The van der Waals surface area contributed by atoms with Gasteiger partial charge in [0.2, 0.25) is 11.8 Å². The first-order chi connectivity index (χ1) is 15.5. The van der Waals surface area contributed by atoms with Crippen LogP contribution in [0.1, 0.15) is 23.2 Å². The molecule has 2 aromatic carbocycles. The molecule has 0 aliphatic carbocycles. The van der Waals surface area contributed by atoms with Crippen molar-refractivity contribution in [3.63, 3.8) is 0 Å². The van der Waals surface area contributed by atoms with Gasteiger partial charge in [-0.15, -0.1) is 10.2 Å². The normalized spacial score (nSPS) is 13.3. The average Bonchev–Trinajstić information content (AvgIpc) is 3.40. The van der Waals surface area contributed by atoms with Crippen LogP contribution in [0.5, 0.6) is 0 Å². The van der Waals surface area contributed by atoms with Crippen LogP contribution in [-0.2, 0) is 16.6 Å². The SMILES string of the molecule is Cn1cnnc1SCC(=O)Nc1ccc(C(=O)Nc2cccc(N3CCCC3=O)c2)cc1. The molecule has 164 valence electrons. The summed E-state index contributed by atoms with van der Waals surface area (Å²) < 4.78 is 1.74. The molecule has 10 heteroatoms. The van der Waals surface area contributed by atoms with Crippen LogP contribution in [0.3, 0.4) is 0 Å². The third-order valence-corrected chi connectivity index (χ3v) is 5.96. The van der Waals surface area contributed by atoms with Crippen LogP contribution in [0.25, 0.3) is 0 Å². The zero-order valence-electron chi connectivity index (χ0n) is 17.4. The average molecular weight is 451 g/mol. The Morgan fingerprint density at radius 3 is 2.59 bits per heavy atom. The van der Waals surface area contributed by atoms with E-state index in [-0.39, 0.29) is 23.5 Å². The molecule has 1 fully saturated rings. The fourth-order valence-electron chi connectivity index (χ4n) is 3.31. The summed E-state index contributed by atoms with van der Waals surface area (Å²) in [5.74, 6) is -0.153. The molecule has 2 heterocycles. The molecule has 3 aromatic rings. The number of aromatic nitrogens is 3. The summed E-state index contributed by atoms with van der Waals surface area (Å²) in [6, 6.07) is 13.9. The van der Waals surface area contributed by atoms with Gasteiger partial charge in [-0.05, 0) is 48.9 Å². The van der Waals surface area contributed by atoms with E-state index in [2.05, 4.69) is 20.8 Å². The predicted octanol–water partition coefficient (Wildman–Crippen LogP) is 2.93. The van der Waals surface area contributed by atoms with Crippen molar-refractivity contribution < 1.29 is 14.4 Å². The lowest BCUT2D eigenvalue weighted by atomic mass is 10.2. The molecule has 0 unspecified atom stereocenters. The summed E-state index contributed by atoms with van der Waals surface area (Å²) in [6.45, 7) is 0.695. The Morgan fingerprint density at radius 1 is 1.09 bits per heavy atom. The predicted molar refractivity (Wildman–Crippen MR) is 123 cm³/mol. The van der Waals surface area contributed by atoms with E-state index in [0.717, 1.165) is 12.1 Å². The van der Waals surface area contributed by atoms with Crippen molar-refractivity contribution in [1.82, 2.24) is 14.8 Å². The van der Waals surface area contributed by atoms with Gasteiger partial charge < -0.3 is 20.1 Å². The lowest BCUT2D eigenvalue weighted by molar-refractivity contribution is -0.117. The van der Waals surface area contributed by atoms with Crippen LogP contribution in [0.15, 0.2) is 60.0 Å². The quantitative estimate of drug-likeness (QED) is 0.536. The Balaban J connectivity index is 1.32. The Hall–Kier alpha value is -3.66. The fraction of sp³-hybridized carbons (Fsp3) is 0.227. The van der Waals surface area contributed by atoms with Crippen LogP contribution in [0.2, 0.25) is 0 Å². The van der Waals surface area contributed by atoms with Gasteiger partial charge in [0.1, 0.15) is 6.33 Å². The van der Waals surface area contributed by atoms with E-state index < -0.39 is 0 Å². The highest BCUT2D eigenvalue weighted by atomic mass is 32.2. The van der Waals surface area contributed by atoms with Gasteiger partial charge in [0.15, 0.2) is 5.16 Å². The summed E-state index contributed by atoms with van der Waals surface area (Å²) in [5, 5.41) is 14.0. The first-order valence-electron chi connectivity index (χ1n) is 10.1. The largest absolute Gasteiger partial charge is 0.325 e. The van der Waals surface area contributed by atoms with Gasteiger partial charge in [-0.3, -0.25) is 14.4 Å². The molecule has 4 rings (SSSR count). The van der Waals surface area contributed by atoms with Gasteiger partial charge in [-0.1, -0.05) is 17.8 Å². The summed E-state index contributed by atoms with van der Waals surface area (Å²) >= 11 is 1.29. The monoisotopic (exact) mass is 450 g/mol. The number of hydrogen-bond acceptors (Lipinski definition) is 6. The van der Waals surface area contributed by atoms with Crippen molar-refractivity contribution in [3.05, 3.63) is 60.4 Å². The molecular weight excluding hydrogens is 428 g/mol. The Morgan fingerprint density at radius 2 is 1.91 bits per heavy atom. The van der Waals surface area contributed by atoms with Crippen LogP contribution >= 0.6 is 11.8 Å². The molecular formula is C22H22N6O3S. The molecule has 9 nitrogen and oxygen atoms in total. The van der Waals surface area contributed by atoms with Crippen molar-refractivity contribution in [2.24, 2.45) is 7.05 Å². The Bertz CT molecular complexity index is 1140. The van der Waals surface area contributed by atoms with Crippen LogP contribution in [0.4, 0.5) is 17.1 Å². The number of carbonyl (C=O) groups excluding carboxylic acids is 3. The Labute approximate surface area is 189 Å². The minimum absolute atomic E-state index is 0.0982. The molecule has 0 atom stereocenters. The van der Waals surface area contributed by atoms with Gasteiger partial charge in [-0.25, -0.2) is 0 Å². The highest BCUT2D eigenvalue weighted by Crippen LogP contribution is 2.24. The number of anilines is 3. The summed E-state index contributed by atoms with van der Waals surface area (Å²) in [5.41, 5.74) is 2.45. The molecule has 0 spiro atoms. The van der Waals surface area contributed by atoms with Crippen molar-refractivity contribution >= 4 is 46.5 Å². The molecule has 0 bridgehead atoms. The number of nitrogens with zero attached hydrogens (tertiary/aromatic N) is 4. The number of hydrogen-bond donors (Lipinski definition) is 2. The second kappa shape index (κ2) is 9.65. The minimum atomic E-state index is -0.273. The molecule has 1 aliphatic heterocycles. The molecule has 0 saturated carbocycles. The summed E-state index contributed by atoms with van der Waals surface area (Å²) in [7, 11) is 1.81. The van der Waals surface area contributed by atoms with Crippen molar-refractivity contribution in [1.29, 1.82) is 0 Å². The van der Waals surface area contributed by atoms with E-state index in [9.17, 15) is 14.4 Å². The number of amides is 3. The van der Waals surface area contributed by atoms with Gasteiger partial charge in [-0.2, -0.15) is 0 Å². The first kappa shape index (κ1) is 21.6. The maximum Gasteiger partial charge on any atom is 0.255 e. The minimum Gasteiger partial charge on any atom is -0.325 e.